The van der Waals surface area contributed by atoms with Crippen LogP contribution in [0.4, 0.5) is 17.6 Å². The van der Waals surface area contributed by atoms with E-state index in [1.54, 1.807) is 0 Å². The highest BCUT2D eigenvalue weighted by molar-refractivity contribution is 6.34. The maximum Gasteiger partial charge on any atom is 0.417 e. The molecule has 3 aromatic rings. The number of hydrogen-bond donors (Lipinski definition) is 0. The van der Waals surface area contributed by atoms with Crippen LogP contribution < -0.4 is 0 Å². The van der Waals surface area contributed by atoms with E-state index in [4.69, 9.17) is 11.6 Å². The van der Waals surface area contributed by atoms with Crippen molar-refractivity contribution < 1.29 is 22.4 Å². The third-order valence-corrected chi connectivity index (χ3v) is 5.05. The topological polar surface area (TPSA) is 63.9 Å². The first-order valence-electron chi connectivity index (χ1n) is 8.62. The largest absolute Gasteiger partial charge is 0.417 e. The second-order valence-corrected chi connectivity index (χ2v) is 6.83. The SMILES string of the molecule is C=C1c2nnn(-c3cc(F)ccn3)c2CCN1C(=O)c1cccc(C(F)(F)F)c1Cl. The van der Waals surface area contributed by atoms with E-state index >= 15 is 0 Å². The quantitative estimate of drug-likeness (QED) is 0.565. The minimum atomic E-state index is -4.69. The van der Waals surface area contributed by atoms with Crippen molar-refractivity contribution in [1.29, 1.82) is 0 Å². The molecule has 0 fully saturated rings. The molecule has 3 heterocycles. The molecule has 1 amide bonds. The Morgan fingerprint density at radius 2 is 2.00 bits per heavy atom. The molecule has 0 saturated carbocycles. The number of nitrogens with zero attached hydrogens (tertiary/aromatic N) is 5. The predicted octanol–water partition coefficient (Wildman–Crippen LogP) is 4.14. The maximum absolute atomic E-state index is 13.5. The lowest BCUT2D eigenvalue weighted by molar-refractivity contribution is -0.137. The summed E-state index contributed by atoms with van der Waals surface area (Å²) in [5.41, 5.74) is -0.421. The smallest absolute Gasteiger partial charge is 0.306 e. The number of pyridine rings is 1. The standard InChI is InChI=1S/C19H12ClF4N5O/c1-10-17-14(29(27-26-17)15-9-11(21)5-7-25-15)6-8-28(10)18(30)12-3-2-4-13(16(12)20)19(22,23)24/h2-5,7,9H,1,6,8H2. The van der Waals surface area contributed by atoms with Crippen LogP contribution in [0.3, 0.4) is 0 Å². The van der Waals surface area contributed by atoms with Crippen LogP contribution in [0.25, 0.3) is 11.5 Å². The van der Waals surface area contributed by atoms with E-state index in [1.807, 2.05) is 0 Å². The zero-order chi connectivity index (χ0) is 21.6. The molecule has 154 valence electrons. The van der Waals surface area contributed by atoms with Gasteiger partial charge >= 0.3 is 6.18 Å². The van der Waals surface area contributed by atoms with Gasteiger partial charge in [0.2, 0.25) is 0 Å². The third kappa shape index (κ3) is 3.32. The lowest BCUT2D eigenvalue weighted by Gasteiger charge is -2.29. The van der Waals surface area contributed by atoms with Crippen molar-refractivity contribution in [3.8, 4) is 5.82 Å². The summed E-state index contributed by atoms with van der Waals surface area (Å²) in [4.78, 5) is 18.2. The van der Waals surface area contributed by atoms with E-state index in [-0.39, 0.29) is 35.7 Å². The van der Waals surface area contributed by atoms with Crippen LogP contribution >= 0.6 is 11.6 Å². The number of benzene rings is 1. The molecule has 1 aromatic carbocycles. The molecule has 0 atom stereocenters. The molecule has 0 N–H and O–H groups in total. The highest BCUT2D eigenvalue weighted by atomic mass is 35.5. The van der Waals surface area contributed by atoms with E-state index in [1.165, 1.54) is 34.0 Å². The fourth-order valence-electron chi connectivity index (χ4n) is 3.21. The normalized spacial score (nSPS) is 14.0. The highest BCUT2D eigenvalue weighted by Crippen LogP contribution is 2.37. The van der Waals surface area contributed by atoms with Gasteiger partial charge in [0.1, 0.15) is 11.5 Å². The summed E-state index contributed by atoms with van der Waals surface area (Å²) < 4.78 is 54.2. The molecule has 11 heteroatoms. The van der Waals surface area contributed by atoms with Gasteiger partial charge in [0.05, 0.1) is 27.5 Å². The average molecular weight is 438 g/mol. The van der Waals surface area contributed by atoms with E-state index in [0.29, 0.717) is 5.69 Å². The number of amides is 1. The minimum Gasteiger partial charge on any atom is -0.306 e. The van der Waals surface area contributed by atoms with Crippen molar-refractivity contribution in [3.05, 3.63) is 76.5 Å². The monoisotopic (exact) mass is 437 g/mol. The van der Waals surface area contributed by atoms with Gasteiger partial charge in [0.15, 0.2) is 5.82 Å². The van der Waals surface area contributed by atoms with Gasteiger partial charge in [-0.25, -0.2) is 9.37 Å². The Hall–Kier alpha value is -3.27. The van der Waals surface area contributed by atoms with Crippen molar-refractivity contribution in [3.63, 3.8) is 0 Å². The zero-order valence-electron chi connectivity index (χ0n) is 15.1. The number of aromatic nitrogens is 4. The molecule has 2 aromatic heterocycles. The van der Waals surface area contributed by atoms with Crippen molar-refractivity contribution in [2.75, 3.05) is 6.54 Å². The van der Waals surface area contributed by atoms with Crippen molar-refractivity contribution in [2.24, 2.45) is 0 Å². The predicted molar refractivity (Wildman–Crippen MR) is 99.3 cm³/mol. The second-order valence-electron chi connectivity index (χ2n) is 6.45. The van der Waals surface area contributed by atoms with Crippen LogP contribution in [0.1, 0.15) is 27.3 Å². The molecule has 0 spiro atoms. The average Bonchev–Trinajstić information content (AvgIpc) is 3.12. The van der Waals surface area contributed by atoms with E-state index in [9.17, 15) is 22.4 Å². The maximum atomic E-state index is 13.5. The van der Waals surface area contributed by atoms with Gasteiger partial charge in [-0.3, -0.25) is 4.79 Å². The number of rotatable bonds is 2. The molecule has 0 aliphatic carbocycles. The highest BCUT2D eigenvalue weighted by Gasteiger charge is 2.36. The van der Waals surface area contributed by atoms with Gasteiger partial charge in [-0.2, -0.15) is 17.9 Å². The van der Waals surface area contributed by atoms with Gasteiger partial charge in [-0.15, -0.1) is 5.10 Å². The van der Waals surface area contributed by atoms with Gasteiger partial charge in [0, 0.05) is 25.2 Å². The summed E-state index contributed by atoms with van der Waals surface area (Å²) in [6.45, 7) is 3.94. The van der Waals surface area contributed by atoms with Crippen LogP contribution in [-0.2, 0) is 12.6 Å². The number of alkyl halides is 3. The van der Waals surface area contributed by atoms with Crippen LogP contribution in [0.5, 0.6) is 0 Å². The first kappa shape index (κ1) is 20.0. The van der Waals surface area contributed by atoms with Crippen LogP contribution in [-0.4, -0.2) is 37.3 Å². The number of fused-ring (bicyclic) bond motifs is 1. The number of carbonyl (C=O) groups excluding carboxylic acids is 1. The lowest BCUT2D eigenvalue weighted by Crippen LogP contribution is -2.35. The van der Waals surface area contributed by atoms with E-state index < -0.39 is 28.5 Å². The van der Waals surface area contributed by atoms with Crippen molar-refractivity contribution in [2.45, 2.75) is 12.6 Å². The first-order chi connectivity index (χ1) is 14.2. The fourth-order valence-corrected chi connectivity index (χ4v) is 3.52. The van der Waals surface area contributed by atoms with Crippen LogP contribution in [0, 0.1) is 5.82 Å². The molecule has 0 unspecified atom stereocenters. The molecule has 1 aliphatic rings. The Bertz CT molecular complexity index is 1170. The Morgan fingerprint density at radius 1 is 1.23 bits per heavy atom. The molecular formula is C19H12ClF4N5O. The van der Waals surface area contributed by atoms with Crippen molar-refractivity contribution in [1.82, 2.24) is 24.9 Å². The molecule has 0 radical (unpaired) electrons. The second kappa shape index (κ2) is 7.21. The summed E-state index contributed by atoms with van der Waals surface area (Å²) >= 11 is 5.88. The third-order valence-electron chi connectivity index (χ3n) is 4.64. The molecular weight excluding hydrogens is 426 g/mol. The number of hydrogen-bond acceptors (Lipinski definition) is 4. The Balaban J connectivity index is 1.68. The summed E-state index contributed by atoms with van der Waals surface area (Å²) in [5, 5.41) is 7.27. The summed E-state index contributed by atoms with van der Waals surface area (Å²) in [5.74, 6) is -1.03. The fraction of sp³-hybridized carbons (Fsp3) is 0.158. The van der Waals surface area contributed by atoms with Gasteiger partial charge in [-0.05, 0) is 18.2 Å². The molecule has 0 saturated heterocycles. The first-order valence-corrected chi connectivity index (χ1v) is 8.99. The Morgan fingerprint density at radius 3 is 2.70 bits per heavy atom. The van der Waals surface area contributed by atoms with E-state index in [0.717, 1.165) is 12.1 Å². The minimum absolute atomic E-state index is 0.0972. The van der Waals surface area contributed by atoms with Gasteiger partial charge in [0.25, 0.3) is 5.91 Å². The number of halogens is 5. The summed E-state index contributed by atoms with van der Waals surface area (Å²) in [7, 11) is 0. The van der Waals surface area contributed by atoms with Gasteiger partial charge < -0.3 is 4.90 Å². The molecule has 6 nitrogen and oxygen atoms in total. The van der Waals surface area contributed by atoms with Crippen LogP contribution in [0.15, 0.2) is 43.1 Å². The summed E-state index contributed by atoms with van der Waals surface area (Å²) in [6, 6.07) is 5.50. The molecule has 4 rings (SSSR count). The Kier molecular flexibility index (Phi) is 4.81. The molecule has 0 bridgehead atoms. The zero-order valence-corrected chi connectivity index (χ0v) is 15.9. The summed E-state index contributed by atoms with van der Waals surface area (Å²) in [6.07, 6.45) is -3.16. The van der Waals surface area contributed by atoms with E-state index in [2.05, 4.69) is 21.9 Å². The Labute approximate surface area is 172 Å². The number of carbonyl (C=O) groups is 1. The lowest BCUT2D eigenvalue weighted by atomic mass is 10.0. The van der Waals surface area contributed by atoms with Crippen LogP contribution in [0.2, 0.25) is 5.02 Å². The van der Waals surface area contributed by atoms with Crippen molar-refractivity contribution >= 4 is 23.2 Å². The molecule has 1 aliphatic heterocycles. The van der Waals surface area contributed by atoms with Gasteiger partial charge in [-0.1, -0.05) is 29.5 Å². The molecule has 30 heavy (non-hydrogen) atoms.